The first-order valence-electron chi connectivity index (χ1n) is 9.63. The van der Waals surface area contributed by atoms with Crippen LogP contribution >= 0.6 is 0 Å². The number of benzene rings is 1. The normalized spacial score (nSPS) is 15.8. The van der Waals surface area contributed by atoms with Crippen LogP contribution in [0.3, 0.4) is 0 Å². The molecule has 0 aliphatic carbocycles. The van der Waals surface area contributed by atoms with Gasteiger partial charge in [-0.1, -0.05) is 6.07 Å². The highest BCUT2D eigenvalue weighted by molar-refractivity contribution is 5.93. The average molecular weight is 380 g/mol. The zero-order valence-corrected chi connectivity index (χ0v) is 16.2. The minimum Gasteiger partial charge on any atom is -0.468 e. The van der Waals surface area contributed by atoms with E-state index in [0.717, 1.165) is 42.8 Å². The van der Waals surface area contributed by atoms with E-state index in [9.17, 15) is 9.59 Å². The predicted molar refractivity (Wildman–Crippen MR) is 107 cm³/mol. The lowest BCUT2D eigenvalue weighted by Gasteiger charge is -2.25. The fourth-order valence-electron chi connectivity index (χ4n) is 4.00. The molecule has 1 N–H and O–H groups in total. The van der Waals surface area contributed by atoms with Gasteiger partial charge in [0.15, 0.2) is 11.2 Å². The molecule has 2 aromatic heterocycles. The molecule has 1 aliphatic rings. The Hall–Kier alpha value is -2.86. The van der Waals surface area contributed by atoms with Crippen LogP contribution in [0.5, 0.6) is 0 Å². The van der Waals surface area contributed by atoms with Gasteiger partial charge in [0.25, 0.3) is 5.91 Å². The monoisotopic (exact) mass is 380 g/mol. The smallest absolute Gasteiger partial charge is 0.287 e. The molecule has 0 unspecified atom stereocenters. The maximum Gasteiger partial charge on any atom is 0.287 e. The number of hydrogen-bond donors (Lipinski definition) is 1. The molecule has 0 bridgehead atoms. The van der Waals surface area contributed by atoms with Crippen molar-refractivity contribution in [2.75, 3.05) is 19.6 Å². The maximum absolute atomic E-state index is 12.7. The highest BCUT2D eigenvalue weighted by Crippen LogP contribution is 2.25. The third-order valence-corrected chi connectivity index (χ3v) is 5.30. The van der Waals surface area contributed by atoms with Crippen molar-refractivity contribution < 1.29 is 13.6 Å². The average Bonchev–Trinajstić information content (AvgIpc) is 3.35. The second-order valence-electron chi connectivity index (χ2n) is 7.41. The van der Waals surface area contributed by atoms with Crippen molar-refractivity contribution >= 4 is 16.9 Å². The number of carbonyl (C=O) groups is 1. The van der Waals surface area contributed by atoms with Crippen molar-refractivity contribution in [1.82, 2.24) is 10.2 Å². The van der Waals surface area contributed by atoms with Gasteiger partial charge in [-0.05, 0) is 69.1 Å². The summed E-state index contributed by atoms with van der Waals surface area (Å²) < 4.78 is 11.3. The van der Waals surface area contributed by atoms with Gasteiger partial charge in [-0.2, -0.15) is 0 Å². The summed E-state index contributed by atoms with van der Waals surface area (Å²) in [6.07, 6.45) is 3.93. The van der Waals surface area contributed by atoms with E-state index < -0.39 is 5.91 Å². The van der Waals surface area contributed by atoms with E-state index >= 15 is 0 Å². The molecule has 1 atom stereocenters. The second-order valence-corrected chi connectivity index (χ2v) is 7.41. The molecule has 146 valence electrons. The first kappa shape index (κ1) is 18.5. The van der Waals surface area contributed by atoms with Gasteiger partial charge in [0.05, 0.1) is 17.7 Å². The lowest BCUT2D eigenvalue weighted by atomic mass is 10.1. The number of hydrogen-bond acceptors (Lipinski definition) is 5. The Bertz CT molecular complexity index is 1050. The number of carbonyl (C=O) groups excluding carboxylic acids is 1. The number of fused-ring (bicyclic) bond motifs is 1. The van der Waals surface area contributed by atoms with E-state index in [2.05, 4.69) is 10.2 Å². The summed E-state index contributed by atoms with van der Waals surface area (Å²) in [6.45, 7) is 6.15. The third kappa shape index (κ3) is 3.60. The Morgan fingerprint density at radius 2 is 2.00 bits per heavy atom. The zero-order valence-electron chi connectivity index (χ0n) is 16.2. The highest BCUT2D eigenvalue weighted by atomic mass is 16.3. The van der Waals surface area contributed by atoms with E-state index in [1.807, 2.05) is 32.0 Å². The molecule has 0 spiro atoms. The molecule has 1 saturated heterocycles. The fraction of sp³-hybridized carbons (Fsp3) is 0.364. The first-order chi connectivity index (χ1) is 13.5. The maximum atomic E-state index is 12.7. The van der Waals surface area contributed by atoms with Crippen molar-refractivity contribution in [3.8, 4) is 0 Å². The highest BCUT2D eigenvalue weighted by Gasteiger charge is 2.26. The van der Waals surface area contributed by atoms with Crippen molar-refractivity contribution in [2.45, 2.75) is 32.7 Å². The number of rotatable bonds is 5. The second kappa shape index (κ2) is 7.64. The first-order valence-corrected chi connectivity index (χ1v) is 9.63. The van der Waals surface area contributed by atoms with Crippen molar-refractivity contribution in [2.24, 2.45) is 0 Å². The van der Waals surface area contributed by atoms with Gasteiger partial charge in [0, 0.05) is 12.6 Å². The van der Waals surface area contributed by atoms with Crippen LogP contribution in [0.1, 0.15) is 46.3 Å². The summed E-state index contributed by atoms with van der Waals surface area (Å²) in [7, 11) is 0. The number of amides is 1. The minimum absolute atomic E-state index is 0.0295. The van der Waals surface area contributed by atoms with Gasteiger partial charge in [-0.25, -0.2) is 0 Å². The van der Waals surface area contributed by atoms with Crippen LogP contribution in [0, 0.1) is 13.8 Å². The van der Waals surface area contributed by atoms with Crippen LogP contribution in [0.4, 0.5) is 0 Å². The van der Waals surface area contributed by atoms with Gasteiger partial charge in [0.2, 0.25) is 0 Å². The molecular formula is C22H24N2O4. The SMILES string of the molecule is Cc1cc(C)c2c(=O)cc(C(=O)NC[C@@H](c3ccco3)N3CCCC3)oc2c1. The molecule has 0 saturated carbocycles. The summed E-state index contributed by atoms with van der Waals surface area (Å²) >= 11 is 0. The third-order valence-electron chi connectivity index (χ3n) is 5.30. The molecule has 28 heavy (non-hydrogen) atoms. The quantitative estimate of drug-likeness (QED) is 0.732. The summed E-state index contributed by atoms with van der Waals surface area (Å²) in [5, 5.41) is 3.43. The van der Waals surface area contributed by atoms with Gasteiger partial charge in [0.1, 0.15) is 11.3 Å². The number of nitrogens with zero attached hydrogens (tertiary/aromatic N) is 1. The molecule has 6 nitrogen and oxygen atoms in total. The van der Waals surface area contributed by atoms with Crippen LogP contribution in [0.15, 0.2) is 50.2 Å². The zero-order chi connectivity index (χ0) is 19.7. The van der Waals surface area contributed by atoms with Gasteiger partial charge in [-0.15, -0.1) is 0 Å². The molecule has 6 heteroatoms. The Balaban J connectivity index is 1.56. The Labute approximate surface area is 163 Å². The minimum atomic E-state index is -0.395. The molecule has 1 fully saturated rings. The summed E-state index contributed by atoms with van der Waals surface area (Å²) in [5.41, 5.74) is 2.07. The van der Waals surface area contributed by atoms with Crippen LogP contribution < -0.4 is 10.7 Å². The largest absolute Gasteiger partial charge is 0.468 e. The number of likely N-dealkylation sites (tertiary alicyclic amines) is 1. The molecule has 0 radical (unpaired) electrons. The Morgan fingerprint density at radius 3 is 2.71 bits per heavy atom. The fourth-order valence-corrected chi connectivity index (χ4v) is 4.00. The standard InChI is InChI=1S/C22H24N2O4/c1-14-10-15(2)21-17(25)12-20(28-19(21)11-14)22(26)23-13-16(18-6-5-9-27-18)24-7-3-4-8-24/h5-6,9-12,16H,3-4,7-8,13H2,1-2H3,(H,23,26)/t16-/m0/s1. The lowest BCUT2D eigenvalue weighted by Crippen LogP contribution is -2.36. The van der Waals surface area contributed by atoms with Gasteiger partial charge >= 0.3 is 0 Å². The summed E-state index contributed by atoms with van der Waals surface area (Å²) in [6, 6.07) is 8.75. The molecule has 1 aromatic carbocycles. The number of nitrogens with one attached hydrogen (secondary N) is 1. The number of aryl methyl sites for hydroxylation is 2. The topological polar surface area (TPSA) is 75.7 Å². The summed E-state index contributed by atoms with van der Waals surface area (Å²) in [4.78, 5) is 27.5. The van der Waals surface area contributed by atoms with Gasteiger partial charge in [-0.3, -0.25) is 14.5 Å². The van der Waals surface area contributed by atoms with Crippen LogP contribution in [0.25, 0.3) is 11.0 Å². The Kier molecular flexibility index (Phi) is 5.05. The van der Waals surface area contributed by atoms with Crippen molar-refractivity contribution in [1.29, 1.82) is 0 Å². The summed E-state index contributed by atoms with van der Waals surface area (Å²) in [5.74, 6) is 0.462. The van der Waals surface area contributed by atoms with Crippen LogP contribution in [-0.2, 0) is 0 Å². The molecule has 3 aromatic rings. The Morgan fingerprint density at radius 1 is 1.21 bits per heavy atom. The molecule has 3 heterocycles. The lowest BCUT2D eigenvalue weighted by molar-refractivity contribution is 0.0906. The molecule has 4 rings (SSSR count). The van der Waals surface area contributed by atoms with Crippen LogP contribution in [-0.4, -0.2) is 30.4 Å². The predicted octanol–water partition coefficient (Wildman–Crippen LogP) is 3.57. The van der Waals surface area contributed by atoms with E-state index in [0.29, 0.717) is 17.5 Å². The molecular weight excluding hydrogens is 356 g/mol. The number of furan rings is 1. The van der Waals surface area contributed by atoms with Gasteiger partial charge < -0.3 is 14.2 Å². The van der Waals surface area contributed by atoms with E-state index in [-0.39, 0.29) is 17.2 Å². The van der Waals surface area contributed by atoms with E-state index in [1.54, 1.807) is 12.3 Å². The molecule has 1 amide bonds. The van der Waals surface area contributed by atoms with Crippen molar-refractivity contribution in [3.63, 3.8) is 0 Å². The van der Waals surface area contributed by atoms with Crippen LogP contribution in [0.2, 0.25) is 0 Å². The van der Waals surface area contributed by atoms with E-state index in [4.69, 9.17) is 8.83 Å². The van der Waals surface area contributed by atoms with Crippen molar-refractivity contribution in [3.05, 3.63) is 69.5 Å². The van der Waals surface area contributed by atoms with E-state index in [1.165, 1.54) is 6.07 Å². The molecule has 1 aliphatic heterocycles.